The maximum atomic E-state index is 12.6. The first-order chi connectivity index (χ1) is 11.2. The van der Waals surface area contributed by atoms with E-state index in [1.165, 1.54) is 12.8 Å². The third-order valence-corrected chi connectivity index (χ3v) is 6.06. The largest absolute Gasteiger partial charge is 0.381 e. The summed E-state index contributed by atoms with van der Waals surface area (Å²) in [7, 11) is 0. The highest BCUT2D eigenvalue weighted by atomic mass is 16.5. The molecule has 3 aliphatic rings. The Labute approximate surface area is 140 Å². The van der Waals surface area contributed by atoms with E-state index in [0.29, 0.717) is 17.9 Å². The van der Waals surface area contributed by atoms with Crippen molar-refractivity contribution in [2.45, 2.75) is 45.1 Å². The minimum absolute atomic E-state index is 0.377. The lowest BCUT2D eigenvalue weighted by atomic mass is 9.84. The van der Waals surface area contributed by atoms with Crippen molar-refractivity contribution >= 4 is 5.91 Å². The Morgan fingerprint density at radius 3 is 2.39 bits per heavy atom. The number of piperidine rings is 1. The van der Waals surface area contributed by atoms with E-state index in [9.17, 15) is 4.79 Å². The average Bonchev–Trinajstić information content (AvgIpc) is 2.63. The van der Waals surface area contributed by atoms with Gasteiger partial charge in [0.05, 0.1) is 0 Å². The van der Waals surface area contributed by atoms with Gasteiger partial charge in [-0.2, -0.15) is 0 Å². The first-order valence-electron chi connectivity index (χ1n) is 9.54. The van der Waals surface area contributed by atoms with Crippen LogP contribution in [0.2, 0.25) is 0 Å². The predicted octanol–water partition coefficient (Wildman–Crippen LogP) is 1.34. The molecule has 0 aromatic heterocycles. The monoisotopic (exact) mass is 323 g/mol. The molecule has 1 N–H and O–H groups in total. The van der Waals surface area contributed by atoms with Gasteiger partial charge in [0.25, 0.3) is 0 Å². The van der Waals surface area contributed by atoms with Crippen molar-refractivity contribution in [1.82, 2.24) is 15.1 Å². The number of hydrogen-bond acceptors (Lipinski definition) is 4. The molecule has 5 heteroatoms. The second-order valence-electron chi connectivity index (χ2n) is 7.53. The summed E-state index contributed by atoms with van der Waals surface area (Å²) in [5.41, 5.74) is 0. The molecule has 0 radical (unpaired) electrons. The van der Waals surface area contributed by atoms with Crippen LogP contribution in [0.15, 0.2) is 0 Å². The Morgan fingerprint density at radius 2 is 1.74 bits per heavy atom. The number of ether oxygens (including phenoxy) is 1. The van der Waals surface area contributed by atoms with Crippen LogP contribution in [0.4, 0.5) is 0 Å². The zero-order chi connectivity index (χ0) is 16.1. The molecule has 1 atom stereocenters. The molecule has 3 saturated heterocycles. The smallest absolute Gasteiger partial charge is 0.222 e. The summed E-state index contributed by atoms with van der Waals surface area (Å²) in [4.78, 5) is 17.3. The highest BCUT2D eigenvalue weighted by molar-refractivity contribution is 5.76. The van der Waals surface area contributed by atoms with Crippen molar-refractivity contribution in [3.8, 4) is 0 Å². The second kappa shape index (κ2) is 8.45. The third-order valence-electron chi connectivity index (χ3n) is 6.06. The highest BCUT2D eigenvalue weighted by Gasteiger charge is 2.29. The van der Waals surface area contributed by atoms with Crippen molar-refractivity contribution in [3.63, 3.8) is 0 Å². The summed E-state index contributed by atoms with van der Waals surface area (Å²) < 4.78 is 5.46. The summed E-state index contributed by atoms with van der Waals surface area (Å²) >= 11 is 0. The molecular weight excluding hydrogens is 290 g/mol. The Bertz CT molecular complexity index is 370. The van der Waals surface area contributed by atoms with Gasteiger partial charge in [0.2, 0.25) is 5.91 Å². The van der Waals surface area contributed by atoms with E-state index in [1.807, 2.05) is 0 Å². The molecule has 0 bridgehead atoms. The summed E-state index contributed by atoms with van der Waals surface area (Å²) in [6, 6.07) is 0.676. The number of carbonyl (C=O) groups is 1. The minimum atomic E-state index is 0.377. The van der Waals surface area contributed by atoms with Crippen LogP contribution < -0.4 is 5.32 Å². The van der Waals surface area contributed by atoms with Crippen LogP contribution in [0.1, 0.15) is 39.0 Å². The maximum absolute atomic E-state index is 12.6. The SMILES string of the molecule is CC(CC(=O)N1CCN(C2CCOCC2)CC1)C1CCNCC1. The molecule has 0 spiro atoms. The summed E-state index contributed by atoms with van der Waals surface area (Å²) in [6.07, 6.45) is 5.50. The van der Waals surface area contributed by atoms with Gasteiger partial charge >= 0.3 is 0 Å². The third kappa shape index (κ3) is 4.68. The normalized spacial score (nSPS) is 27.1. The molecular formula is C18H33N3O2. The number of nitrogens with one attached hydrogen (secondary N) is 1. The van der Waals surface area contributed by atoms with Crippen LogP contribution in [0.5, 0.6) is 0 Å². The van der Waals surface area contributed by atoms with E-state index in [4.69, 9.17) is 4.74 Å². The lowest BCUT2D eigenvalue weighted by Gasteiger charge is -2.41. The molecule has 3 rings (SSSR count). The average molecular weight is 323 g/mol. The fourth-order valence-electron chi connectivity index (χ4n) is 4.37. The van der Waals surface area contributed by atoms with Gasteiger partial charge in [-0.1, -0.05) is 6.92 Å². The number of amides is 1. The Balaban J connectivity index is 1.40. The fourth-order valence-corrected chi connectivity index (χ4v) is 4.37. The zero-order valence-electron chi connectivity index (χ0n) is 14.6. The zero-order valence-corrected chi connectivity index (χ0v) is 14.6. The van der Waals surface area contributed by atoms with Crippen molar-refractivity contribution < 1.29 is 9.53 Å². The number of hydrogen-bond donors (Lipinski definition) is 1. The van der Waals surface area contributed by atoms with Crippen molar-refractivity contribution in [2.24, 2.45) is 11.8 Å². The molecule has 0 aromatic rings. The summed E-state index contributed by atoms with van der Waals surface area (Å²) in [6.45, 7) is 10.2. The van der Waals surface area contributed by atoms with Gasteiger partial charge in [0.15, 0.2) is 0 Å². The predicted molar refractivity (Wildman–Crippen MR) is 91.4 cm³/mol. The van der Waals surface area contributed by atoms with Crippen LogP contribution in [0.3, 0.4) is 0 Å². The number of rotatable bonds is 4. The van der Waals surface area contributed by atoms with Crippen molar-refractivity contribution in [2.75, 3.05) is 52.5 Å². The molecule has 3 heterocycles. The molecule has 23 heavy (non-hydrogen) atoms. The molecule has 3 aliphatic heterocycles. The maximum Gasteiger partial charge on any atom is 0.222 e. The molecule has 3 fully saturated rings. The fraction of sp³-hybridized carbons (Fsp3) is 0.944. The van der Waals surface area contributed by atoms with Gasteiger partial charge < -0.3 is 15.0 Å². The standard InChI is InChI=1S/C18H33N3O2/c1-15(16-2-6-19-7-3-16)14-18(22)21-10-8-20(9-11-21)17-4-12-23-13-5-17/h15-17,19H,2-14H2,1H3. The molecule has 132 valence electrons. The number of piperazine rings is 1. The van der Waals surface area contributed by atoms with Crippen LogP contribution in [0.25, 0.3) is 0 Å². The highest BCUT2D eigenvalue weighted by Crippen LogP contribution is 2.25. The topological polar surface area (TPSA) is 44.8 Å². The van der Waals surface area contributed by atoms with E-state index >= 15 is 0 Å². The molecule has 1 unspecified atom stereocenters. The van der Waals surface area contributed by atoms with E-state index < -0.39 is 0 Å². The molecule has 1 amide bonds. The van der Waals surface area contributed by atoms with E-state index in [0.717, 1.165) is 77.7 Å². The first-order valence-corrected chi connectivity index (χ1v) is 9.54. The van der Waals surface area contributed by atoms with E-state index in [2.05, 4.69) is 22.0 Å². The van der Waals surface area contributed by atoms with Crippen LogP contribution >= 0.6 is 0 Å². The van der Waals surface area contributed by atoms with Gasteiger partial charge in [-0.25, -0.2) is 0 Å². The minimum Gasteiger partial charge on any atom is -0.381 e. The Kier molecular flexibility index (Phi) is 6.31. The summed E-state index contributed by atoms with van der Waals surface area (Å²) in [5.74, 6) is 1.63. The first kappa shape index (κ1) is 17.2. The van der Waals surface area contributed by atoms with Crippen molar-refractivity contribution in [1.29, 1.82) is 0 Å². The molecule has 0 saturated carbocycles. The molecule has 0 aromatic carbocycles. The quantitative estimate of drug-likeness (QED) is 0.848. The molecule has 0 aliphatic carbocycles. The molecule has 5 nitrogen and oxygen atoms in total. The van der Waals surface area contributed by atoms with E-state index in [-0.39, 0.29) is 0 Å². The lowest BCUT2D eigenvalue weighted by molar-refractivity contribution is -0.135. The van der Waals surface area contributed by atoms with Gasteiger partial charge in [-0.15, -0.1) is 0 Å². The Hall–Kier alpha value is -0.650. The van der Waals surface area contributed by atoms with Gasteiger partial charge in [-0.05, 0) is 50.6 Å². The number of carbonyl (C=O) groups excluding carboxylic acids is 1. The van der Waals surface area contributed by atoms with E-state index in [1.54, 1.807) is 0 Å². The Morgan fingerprint density at radius 1 is 1.09 bits per heavy atom. The van der Waals surface area contributed by atoms with Crippen LogP contribution in [-0.2, 0) is 9.53 Å². The van der Waals surface area contributed by atoms with Crippen LogP contribution in [-0.4, -0.2) is 74.2 Å². The second-order valence-corrected chi connectivity index (χ2v) is 7.53. The number of nitrogens with zero attached hydrogens (tertiary/aromatic N) is 2. The van der Waals surface area contributed by atoms with Crippen LogP contribution in [0, 0.1) is 11.8 Å². The van der Waals surface area contributed by atoms with Gasteiger partial charge in [0, 0.05) is 51.9 Å². The summed E-state index contributed by atoms with van der Waals surface area (Å²) in [5, 5.41) is 3.41. The van der Waals surface area contributed by atoms with Gasteiger partial charge in [0.1, 0.15) is 0 Å². The lowest BCUT2D eigenvalue weighted by Crippen LogP contribution is -2.53. The van der Waals surface area contributed by atoms with Gasteiger partial charge in [-0.3, -0.25) is 9.69 Å². The van der Waals surface area contributed by atoms with Crippen molar-refractivity contribution in [3.05, 3.63) is 0 Å².